The van der Waals surface area contributed by atoms with Crippen molar-refractivity contribution in [1.82, 2.24) is 0 Å². The fraction of sp³-hybridized carbons (Fsp3) is 0.458. The minimum Gasteiger partial charge on any atom is -0.368 e. The molecule has 0 aromatic heterocycles. The Hall–Kier alpha value is -2.38. The summed E-state index contributed by atoms with van der Waals surface area (Å²) in [5, 5.41) is 0. The minimum absolute atomic E-state index is 0.0345. The van der Waals surface area contributed by atoms with Crippen molar-refractivity contribution in [1.29, 1.82) is 0 Å². The molecule has 0 saturated carbocycles. The third kappa shape index (κ3) is 3.74. The molecular formula is C24H30N2O4S. The maximum Gasteiger partial charge on any atom is 0.262 e. The third-order valence-corrected chi connectivity index (χ3v) is 8.56. The quantitative estimate of drug-likeness (QED) is 0.774. The van der Waals surface area contributed by atoms with E-state index in [1.54, 1.807) is 17.0 Å². The lowest BCUT2D eigenvalue weighted by molar-refractivity contribution is -0.127. The zero-order valence-electron chi connectivity index (χ0n) is 18.8. The number of hydrogen-bond acceptors (Lipinski definition) is 4. The Kier molecular flexibility index (Phi) is 5.60. The molecule has 1 saturated heterocycles. The molecule has 1 unspecified atom stereocenters. The van der Waals surface area contributed by atoms with Gasteiger partial charge in [-0.2, -0.15) is 0 Å². The number of ether oxygens (including phenoxy) is 1. The van der Waals surface area contributed by atoms with Crippen LogP contribution in [0.1, 0.15) is 46.2 Å². The number of rotatable bonds is 4. The van der Waals surface area contributed by atoms with Gasteiger partial charge < -0.3 is 9.64 Å². The predicted molar refractivity (Wildman–Crippen MR) is 122 cm³/mol. The van der Waals surface area contributed by atoms with Crippen LogP contribution in [0.5, 0.6) is 0 Å². The second-order valence-electron chi connectivity index (χ2n) is 8.64. The Morgan fingerprint density at radius 3 is 2.29 bits per heavy atom. The summed E-state index contributed by atoms with van der Waals surface area (Å²) < 4.78 is 35.1. The Morgan fingerprint density at radius 2 is 1.68 bits per heavy atom. The highest BCUT2D eigenvalue weighted by atomic mass is 32.2. The molecule has 31 heavy (non-hydrogen) atoms. The summed E-state index contributed by atoms with van der Waals surface area (Å²) in [7, 11) is -3.79. The Morgan fingerprint density at radius 1 is 1.03 bits per heavy atom. The smallest absolute Gasteiger partial charge is 0.262 e. The number of benzene rings is 2. The van der Waals surface area contributed by atoms with Crippen LogP contribution in [-0.4, -0.2) is 33.6 Å². The first-order valence-electron chi connectivity index (χ1n) is 10.8. The van der Waals surface area contributed by atoms with Crippen LogP contribution in [0.2, 0.25) is 0 Å². The molecule has 1 fully saturated rings. The van der Waals surface area contributed by atoms with Crippen molar-refractivity contribution in [3.8, 4) is 0 Å². The van der Waals surface area contributed by atoms with Gasteiger partial charge in [0.05, 0.1) is 10.6 Å². The number of nitrogens with zero attached hydrogens (tertiary/aromatic N) is 1. The van der Waals surface area contributed by atoms with Gasteiger partial charge in [-0.05, 0) is 99.4 Å². The van der Waals surface area contributed by atoms with Gasteiger partial charge in [-0.25, -0.2) is 8.42 Å². The van der Waals surface area contributed by atoms with Gasteiger partial charge in [0.15, 0.2) is 0 Å². The van der Waals surface area contributed by atoms with Gasteiger partial charge in [0.25, 0.3) is 15.9 Å². The van der Waals surface area contributed by atoms with Crippen LogP contribution < -0.4 is 9.62 Å². The standard InChI is InChI=1S/C24H30N2O4S/c1-14-15(2)17(4)23(18(5)16(14)3)31(28,29)25-20-9-8-19-10-11-26(21(19)13-20)24(27)22-7-6-12-30-22/h8-9,13,22,25H,6-7,10-12H2,1-5H3. The fourth-order valence-corrected chi connectivity index (χ4v) is 6.34. The Labute approximate surface area is 184 Å². The molecule has 2 aliphatic rings. The molecule has 0 bridgehead atoms. The predicted octanol–water partition coefficient (Wildman–Crippen LogP) is 4.10. The van der Waals surface area contributed by atoms with Crippen molar-refractivity contribution >= 4 is 27.3 Å². The second-order valence-corrected chi connectivity index (χ2v) is 10.3. The van der Waals surface area contributed by atoms with Crippen LogP contribution in [0.4, 0.5) is 11.4 Å². The Balaban J connectivity index is 1.67. The molecule has 1 atom stereocenters. The van der Waals surface area contributed by atoms with Crippen molar-refractivity contribution in [2.45, 2.75) is 64.9 Å². The molecule has 166 valence electrons. The highest BCUT2D eigenvalue weighted by Gasteiger charge is 2.33. The normalized spacial score (nSPS) is 18.4. The summed E-state index contributed by atoms with van der Waals surface area (Å²) in [6.07, 6.45) is 2.00. The van der Waals surface area contributed by atoms with E-state index in [1.807, 2.05) is 40.7 Å². The zero-order chi connectivity index (χ0) is 22.5. The number of carbonyl (C=O) groups is 1. The molecule has 0 spiro atoms. The zero-order valence-corrected chi connectivity index (χ0v) is 19.6. The van der Waals surface area contributed by atoms with Gasteiger partial charge in [0.2, 0.25) is 0 Å². The molecule has 0 aliphatic carbocycles. The summed E-state index contributed by atoms with van der Waals surface area (Å²) in [5.74, 6) is -0.0345. The van der Waals surface area contributed by atoms with E-state index in [-0.39, 0.29) is 5.91 Å². The summed E-state index contributed by atoms with van der Waals surface area (Å²) in [6.45, 7) is 10.9. The van der Waals surface area contributed by atoms with Crippen molar-refractivity contribution in [2.24, 2.45) is 0 Å². The third-order valence-electron chi connectivity index (χ3n) is 6.90. The first-order chi connectivity index (χ1) is 14.6. The first-order valence-corrected chi connectivity index (χ1v) is 12.3. The molecule has 2 aliphatic heterocycles. The molecule has 2 heterocycles. The van der Waals surface area contributed by atoms with Gasteiger partial charge in [-0.1, -0.05) is 6.07 Å². The molecule has 0 radical (unpaired) electrons. The highest BCUT2D eigenvalue weighted by molar-refractivity contribution is 7.92. The monoisotopic (exact) mass is 442 g/mol. The average Bonchev–Trinajstić information content (AvgIpc) is 3.40. The number of nitrogens with one attached hydrogen (secondary N) is 1. The van der Waals surface area contributed by atoms with Gasteiger partial charge >= 0.3 is 0 Å². The van der Waals surface area contributed by atoms with Gasteiger partial charge in [0.1, 0.15) is 6.10 Å². The van der Waals surface area contributed by atoms with Crippen LogP contribution in [0.15, 0.2) is 23.1 Å². The van der Waals surface area contributed by atoms with E-state index in [2.05, 4.69) is 4.72 Å². The van der Waals surface area contributed by atoms with Crippen molar-refractivity contribution in [3.63, 3.8) is 0 Å². The number of fused-ring (bicyclic) bond motifs is 1. The van der Waals surface area contributed by atoms with E-state index < -0.39 is 16.1 Å². The number of amides is 1. The summed E-state index contributed by atoms with van der Waals surface area (Å²) >= 11 is 0. The van der Waals surface area contributed by atoms with Crippen molar-refractivity contribution in [3.05, 3.63) is 51.6 Å². The molecule has 4 rings (SSSR count). The van der Waals surface area contributed by atoms with E-state index in [4.69, 9.17) is 4.74 Å². The lowest BCUT2D eigenvalue weighted by Crippen LogP contribution is -2.37. The fourth-order valence-electron chi connectivity index (χ4n) is 4.69. The van der Waals surface area contributed by atoms with Gasteiger partial charge in [-0.15, -0.1) is 0 Å². The summed E-state index contributed by atoms with van der Waals surface area (Å²) in [4.78, 5) is 15.0. The Bertz CT molecular complexity index is 1140. The lowest BCUT2D eigenvalue weighted by atomic mass is 9.95. The number of hydrogen-bond donors (Lipinski definition) is 1. The molecule has 6 nitrogen and oxygen atoms in total. The van der Waals surface area contributed by atoms with Crippen molar-refractivity contribution < 1.29 is 17.9 Å². The highest BCUT2D eigenvalue weighted by Crippen LogP contribution is 2.35. The second kappa shape index (κ2) is 7.95. The molecule has 2 aromatic rings. The molecule has 7 heteroatoms. The largest absolute Gasteiger partial charge is 0.368 e. The van der Waals surface area contributed by atoms with Crippen LogP contribution >= 0.6 is 0 Å². The summed E-state index contributed by atoms with van der Waals surface area (Å²) in [5.41, 5.74) is 6.91. The number of sulfonamides is 1. The molecule has 1 amide bonds. The topological polar surface area (TPSA) is 75.7 Å². The van der Waals surface area contributed by atoms with Gasteiger partial charge in [0, 0.05) is 18.8 Å². The van der Waals surface area contributed by atoms with E-state index in [0.717, 1.165) is 58.3 Å². The van der Waals surface area contributed by atoms with Crippen LogP contribution in [0.3, 0.4) is 0 Å². The number of carbonyl (C=O) groups excluding carboxylic acids is 1. The van der Waals surface area contributed by atoms with Gasteiger partial charge in [-0.3, -0.25) is 9.52 Å². The lowest BCUT2D eigenvalue weighted by Gasteiger charge is -2.22. The van der Waals surface area contributed by atoms with Crippen molar-refractivity contribution in [2.75, 3.05) is 22.8 Å². The van der Waals surface area contributed by atoms with Crippen LogP contribution in [0.25, 0.3) is 0 Å². The molecular weight excluding hydrogens is 412 g/mol. The maximum atomic E-state index is 13.4. The summed E-state index contributed by atoms with van der Waals surface area (Å²) in [6, 6.07) is 5.45. The molecule has 2 aromatic carbocycles. The van der Waals surface area contributed by atoms with E-state index in [0.29, 0.717) is 23.7 Å². The molecule has 1 N–H and O–H groups in total. The van der Waals surface area contributed by atoms with E-state index in [1.165, 1.54) is 0 Å². The SMILES string of the molecule is Cc1c(C)c(C)c(S(=O)(=O)Nc2ccc3c(c2)N(C(=O)C2CCCO2)CC3)c(C)c1C. The van der Waals surface area contributed by atoms with E-state index in [9.17, 15) is 13.2 Å². The minimum atomic E-state index is -3.79. The van der Waals surface area contributed by atoms with Crippen LogP contribution in [0, 0.1) is 34.6 Å². The number of anilines is 2. The average molecular weight is 443 g/mol. The first kappa shape index (κ1) is 21.8. The van der Waals surface area contributed by atoms with E-state index >= 15 is 0 Å². The maximum absolute atomic E-state index is 13.4. The van der Waals surface area contributed by atoms with Crippen LogP contribution in [-0.2, 0) is 26.0 Å².